The standard InChI is InChI=1S/C16H19N3O3/c1-11-9-14(18-19(11)15-7-2-3-8-22-15)17-13-6-4-5-12(10-13)16(20)21/h4-6,9-10,15H,2-3,7-8H2,1H3,(H,17,18)(H,20,21). The minimum atomic E-state index is -0.944. The van der Waals surface area contributed by atoms with Gasteiger partial charge in [-0.15, -0.1) is 0 Å². The third-order valence-electron chi connectivity index (χ3n) is 3.73. The Morgan fingerprint density at radius 2 is 2.27 bits per heavy atom. The molecule has 2 heterocycles. The predicted octanol–water partition coefficient (Wildman–Crippen LogP) is 3.33. The highest BCUT2D eigenvalue weighted by Gasteiger charge is 2.19. The van der Waals surface area contributed by atoms with E-state index in [0.717, 1.165) is 31.6 Å². The Labute approximate surface area is 128 Å². The maximum absolute atomic E-state index is 11.0. The molecule has 1 fully saturated rings. The first-order chi connectivity index (χ1) is 10.6. The van der Waals surface area contributed by atoms with E-state index in [2.05, 4.69) is 10.4 Å². The summed E-state index contributed by atoms with van der Waals surface area (Å²) in [4.78, 5) is 11.0. The van der Waals surface area contributed by atoms with Crippen molar-refractivity contribution in [2.45, 2.75) is 32.4 Å². The molecule has 1 aliphatic rings. The molecule has 0 radical (unpaired) electrons. The number of hydrogen-bond acceptors (Lipinski definition) is 4. The lowest BCUT2D eigenvalue weighted by Crippen LogP contribution is -2.20. The molecule has 1 aliphatic heterocycles. The number of carbonyl (C=O) groups is 1. The number of aromatic nitrogens is 2. The summed E-state index contributed by atoms with van der Waals surface area (Å²) in [5, 5.41) is 16.7. The van der Waals surface area contributed by atoms with Crippen molar-refractivity contribution in [3.05, 3.63) is 41.6 Å². The first-order valence-electron chi connectivity index (χ1n) is 7.41. The van der Waals surface area contributed by atoms with Gasteiger partial charge in [0.1, 0.15) is 0 Å². The molecule has 1 aromatic carbocycles. The third-order valence-corrected chi connectivity index (χ3v) is 3.73. The van der Waals surface area contributed by atoms with E-state index < -0.39 is 5.97 Å². The summed E-state index contributed by atoms with van der Waals surface area (Å²) in [7, 11) is 0. The van der Waals surface area contributed by atoms with Crippen LogP contribution in [0.5, 0.6) is 0 Å². The molecule has 0 aliphatic carbocycles. The summed E-state index contributed by atoms with van der Waals surface area (Å²) >= 11 is 0. The molecule has 0 amide bonds. The second-order valence-corrected chi connectivity index (χ2v) is 5.45. The zero-order valence-electron chi connectivity index (χ0n) is 12.5. The van der Waals surface area contributed by atoms with Crippen LogP contribution in [0.3, 0.4) is 0 Å². The first-order valence-corrected chi connectivity index (χ1v) is 7.41. The van der Waals surface area contributed by atoms with Gasteiger partial charge in [0.2, 0.25) is 0 Å². The summed E-state index contributed by atoms with van der Waals surface area (Å²) in [5.41, 5.74) is 1.97. The number of carboxylic acid groups (broad SMARTS) is 1. The average Bonchev–Trinajstić information content (AvgIpc) is 2.89. The largest absolute Gasteiger partial charge is 0.478 e. The Morgan fingerprint density at radius 3 is 3.00 bits per heavy atom. The second kappa shape index (κ2) is 6.19. The number of hydrogen-bond donors (Lipinski definition) is 2. The normalized spacial score (nSPS) is 18.1. The molecule has 0 bridgehead atoms. The zero-order chi connectivity index (χ0) is 15.5. The summed E-state index contributed by atoms with van der Waals surface area (Å²) < 4.78 is 7.65. The average molecular weight is 301 g/mol. The predicted molar refractivity (Wildman–Crippen MR) is 82.5 cm³/mol. The summed E-state index contributed by atoms with van der Waals surface area (Å²) in [5.74, 6) is -0.254. The molecule has 6 nitrogen and oxygen atoms in total. The number of aryl methyl sites for hydroxylation is 1. The van der Waals surface area contributed by atoms with E-state index in [1.165, 1.54) is 0 Å². The van der Waals surface area contributed by atoms with Gasteiger partial charge in [-0.05, 0) is 44.4 Å². The van der Waals surface area contributed by atoms with E-state index in [-0.39, 0.29) is 11.8 Å². The Balaban J connectivity index is 1.78. The number of ether oxygens (including phenoxy) is 1. The van der Waals surface area contributed by atoms with Crippen LogP contribution in [0, 0.1) is 6.92 Å². The molecule has 0 spiro atoms. The monoisotopic (exact) mass is 301 g/mol. The fraction of sp³-hybridized carbons (Fsp3) is 0.375. The van der Waals surface area contributed by atoms with Crippen molar-refractivity contribution in [2.24, 2.45) is 0 Å². The van der Waals surface area contributed by atoms with E-state index in [0.29, 0.717) is 11.5 Å². The van der Waals surface area contributed by atoms with Gasteiger partial charge in [0.25, 0.3) is 0 Å². The van der Waals surface area contributed by atoms with E-state index in [1.54, 1.807) is 18.2 Å². The lowest BCUT2D eigenvalue weighted by molar-refractivity contribution is -0.0404. The molecular weight excluding hydrogens is 282 g/mol. The Morgan fingerprint density at radius 1 is 1.41 bits per heavy atom. The third kappa shape index (κ3) is 3.12. The Kier molecular flexibility index (Phi) is 4.11. The second-order valence-electron chi connectivity index (χ2n) is 5.45. The fourth-order valence-corrected chi connectivity index (χ4v) is 2.63. The highest BCUT2D eigenvalue weighted by molar-refractivity contribution is 5.89. The number of benzene rings is 1. The molecule has 1 aromatic heterocycles. The number of rotatable bonds is 4. The molecule has 3 rings (SSSR count). The topological polar surface area (TPSA) is 76.4 Å². The highest BCUT2D eigenvalue weighted by Crippen LogP contribution is 2.26. The fourth-order valence-electron chi connectivity index (χ4n) is 2.63. The van der Waals surface area contributed by atoms with Gasteiger partial charge in [0.15, 0.2) is 12.0 Å². The van der Waals surface area contributed by atoms with Crippen LogP contribution in [0.2, 0.25) is 0 Å². The van der Waals surface area contributed by atoms with Gasteiger partial charge in [-0.2, -0.15) is 5.10 Å². The van der Waals surface area contributed by atoms with Crippen LogP contribution in [-0.2, 0) is 4.74 Å². The maximum Gasteiger partial charge on any atom is 0.335 e. The lowest BCUT2D eigenvalue weighted by atomic mass is 10.2. The first kappa shape index (κ1) is 14.6. The van der Waals surface area contributed by atoms with E-state index in [9.17, 15) is 4.79 Å². The Bertz CT molecular complexity index is 675. The van der Waals surface area contributed by atoms with Crippen molar-refractivity contribution in [3.8, 4) is 0 Å². The molecule has 1 saturated heterocycles. The Hall–Kier alpha value is -2.34. The lowest BCUT2D eigenvalue weighted by Gasteiger charge is -2.23. The highest BCUT2D eigenvalue weighted by atomic mass is 16.5. The van der Waals surface area contributed by atoms with Crippen LogP contribution in [0.25, 0.3) is 0 Å². The molecule has 0 saturated carbocycles. The quantitative estimate of drug-likeness (QED) is 0.905. The smallest absolute Gasteiger partial charge is 0.335 e. The summed E-state index contributed by atoms with van der Waals surface area (Å²) in [6, 6.07) is 8.62. The van der Waals surface area contributed by atoms with E-state index in [1.807, 2.05) is 23.7 Å². The minimum Gasteiger partial charge on any atom is -0.478 e. The van der Waals surface area contributed by atoms with Crippen molar-refractivity contribution < 1.29 is 14.6 Å². The number of anilines is 2. The van der Waals surface area contributed by atoms with Gasteiger partial charge in [-0.1, -0.05) is 6.07 Å². The molecule has 1 atom stereocenters. The maximum atomic E-state index is 11.0. The molecule has 22 heavy (non-hydrogen) atoms. The minimum absolute atomic E-state index is 0.00495. The molecule has 2 aromatic rings. The van der Waals surface area contributed by atoms with Crippen molar-refractivity contribution in [1.82, 2.24) is 9.78 Å². The van der Waals surface area contributed by atoms with Crippen LogP contribution in [0.4, 0.5) is 11.5 Å². The van der Waals surface area contributed by atoms with Crippen molar-refractivity contribution in [2.75, 3.05) is 11.9 Å². The zero-order valence-corrected chi connectivity index (χ0v) is 12.5. The number of aromatic carboxylic acids is 1. The summed E-state index contributed by atoms with van der Waals surface area (Å²) in [6.07, 6.45) is 3.21. The molecule has 2 N–H and O–H groups in total. The van der Waals surface area contributed by atoms with Crippen molar-refractivity contribution >= 4 is 17.5 Å². The van der Waals surface area contributed by atoms with Gasteiger partial charge in [0, 0.05) is 24.1 Å². The van der Waals surface area contributed by atoms with E-state index >= 15 is 0 Å². The van der Waals surface area contributed by atoms with Crippen LogP contribution < -0.4 is 5.32 Å². The van der Waals surface area contributed by atoms with Crippen LogP contribution >= 0.6 is 0 Å². The molecule has 1 unspecified atom stereocenters. The summed E-state index contributed by atoms with van der Waals surface area (Å²) in [6.45, 7) is 2.76. The van der Waals surface area contributed by atoms with Gasteiger partial charge in [0.05, 0.1) is 5.56 Å². The number of nitrogens with zero attached hydrogens (tertiary/aromatic N) is 2. The van der Waals surface area contributed by atoms with Gasteiger partial charge >= 0.3 is 5.97 Å². The van der Waals surface area contributed by atoms with Gasteiger partial charge < -0.3 is 15.2 Å². The molecule has 6 heteroatoms. The SMILES string of the molecule is Cc1cc(Nc2cccc(C(=O)O)c2)nn1C1CCCCO1. The van der Waals surface area contributed by atoms with Gasteiger partial charge in [-0.3, -0.25) is 0 Å². The van der Waals surface area contributed by atoms with Gasteiger partial charge in [-0.25, -0.2) is 9.48 Å². The van der Waals surface area contributed by atoms with Crippen molar-refractivity contribution in [3.63, 3.8) is 0 Å². The van der Waals surface area contributed by atoms with Crippen LogP contribution in [-0.4, -0.2) is 27.5 Å². The van der Waals surface area contributed by atoms with Crippen LogP contribution in [0.15, 0.2) is 30.3 Å². The molecule has 116 valence electrons. The molecular formula is C16H19N3O3. The van der Waals surface area contributed by atoms with E-state index in [4.69, 9.17) is 9.84 Å². The number of nitrogens with one attached hydrogen (secondary N) is 1. The van der Waals surface area contributed by atoms with Crippen molar-refractivity contribution in [1.29, 1.82) is 0 Å². The van der Waals surface area contributed by atoms with Crippen LogP contribution in [0.1, 0.15) is 41.5 Å². The number of carboxylic acids is 1.